The summed E-state index contributed by atoms with van der Waals surface area (Å²) in [6, 6.07) is 4.82. The van der Waals surface area contributed by atoms with Gasteiger partial charge in [0.2, 0.25) is 0 Å². The summed E-state index contributed by atoms with van der Waals surface area (Å²) in [7, 11) is 0. The number of carbonyl (C=O) groups is 1. The smallest absolute Gasteiger partial charge is 0.258 e. The Morgan fingerprint density at radius 3 is 2.62 bits per heavy atom. The molecule has 1 N–H and O–H groups in total. The summed E-state index contributed by atoms with van der Waals surface area (Å²) in [5.41, 5.74) is 2.20. The largest absolute Gasteiger partial charge is 0.319 e. The van der Waals surface area contributed by atoms with Gasteiger partial charge in [-0.2, -0.15) is 5.10 Å². The predicted molar refractivity (Wildman–Crippen MR) is 84.1 cm³/mol. The van der Waals surface area contributed by atoms with E-state index in [1.807, 2.05) is 32.4 Å². The highest BCUT2D eigenvalue weighted by atomic mass is 79.9. The van der Waals surface area contributed by atoms with E-state index in [1.165, 1.54) is 6.07 Å². The van der Waals surface area contributed by atoms with Crippen molar-refractivity contribution in [3.8, 4) is 0 Å². The van der Waals surface area contributed by atoms with E-state index in [-0.39, 0.29) is 16.1 Å². The van der Waals surface area contributed by atoms with Crippen LogP contribution in [0.1, 0.15) is 41.6 Å². The van der Waals surface area contributed by atoms with Crippen molar-refractivity contribution in [2.24, 2.45) is 0 Å². The molecule has 0 saturated carbocycles. The number of hydrogen-bond donors (Lipinski definition) is 1. The van der Waals surface area contributed by atoms with Crippen LogP contribution in [0.2, 0.25) is 0 Å². The third kappa shape index (κ3) is 3.00. The van der Waals surface area contributed by atoms with E-state index in [2.05, 4.69) is 26.3 Å². The molecule has 1 amide bonds. The van der Waals surface area contributed by atoms with Crippen molar-refractivity contribution in [3.63, 3.8) is 0 Å². The number of aryl methyl sites for hydroxylation is 1. The van der Waals surface area contributed by atoms with E-state index >= 15 is 0 Å². The highest BCUT2D eigenvalue weighted by Gasteiger charge is 2.19. The Morgan fingerprint density at radius 1 is 1.38 bits per heavy atom. The Kier molecular flexibility index (Phi) is 4.46. The third-order valence-corrected chi connectivity index (χ3v) is 3.86. The number of hydrogen-bond acceptors (Lipinski definition) is 2. The Hall–Kier alpha value is -1.69. The van der Waals surface area contributed by atoms with Gasteiger partial charge in [-0.15, -0.1) is 0 Å². The molecular weight excluding hydrogens is 337 g/mol. The van der Waals surface area contributed by atoms with Crippen molar-refractivity contribution in [1.29, 1.82) is 0 Å². The first kappa shape index (κ1) is 15.7. The zero-order valence-electron chi connectivity index (χ0n) is 12.4. The zero-order valence-corrected chi connectivity index (χ0v) is 14.0. The highest BCUT2D eigenvalue weighted by Crippen LogP contribution is 2.24. The molecule has 6 heteroatoms. The maximum Gasteiger partial charge on any atom is 0.258 e. The van der Waals surface area contributed by atoms with Crippen LogP contribution in [0.3, 0.4) is 0 Å². The molecule has 112 valence electrons. The molecule has 1 heterocycles. The molecule has 0 aliphatic rings. The molecule has 2 rings (SSSR count). The van der Waals surface area contributed by atoms with E-state index in [0.717, 1.165) is 5.69 Å². The summed E-state index contributed by atoms with van der Waals surface area (Å²) >= 11 is 3.08. The van der Waals surface area contributed by atoms with E-state index in [4.69, 9.17) is 0 Å². The van der Waals surface area contributed by atoms with Crippen molar-refractivity contribution in [2.45, 2.75) is 33.7 Å². The van der Waals surface area contributed by atoms with E-state index in [1.54, 1.807) is 12.1 Å². The predicted octanol–water partition coefficient (Wildman–Crippen LogP) is 4.23. The maximum absolute atomic E-state index is 14.0. The van der Waals surface area contributed by atoms with Gasteiger partial charge in [0.25, 0.3) is 5.91 Å². The van der Waals surface area contributed by atoms with Crippen LogP contribution >= 0.6 is 15.9 Å². The van der Waals surface area contributed by atoms with Gasteiger partial charge >= 0.3 is 0 Å². The summed E-state index contributed by atoms with van der Waals surface area (Å²) in [6.45, 7) is 7.73. The van der Waals surface area contributed by atoms with Crippen LogP contribution in [0, 0.1) is 19.7 Å². The number of halogens is 2. The van der Waals surface area contributed by atoms with Crippen LogP contribution in [0.4, 0.5) is 10.1 Å². The number of amides is 1. The fraction of sp³-hybridized carbons (Fsp3) is 0.333. The first-order valence-corrected chi connectivity index (χ1v) is 7.43. The molecule has 0 aliphatic carbocycles. The lowest BCUT2D eigenvalue weighted by atomic mass is 10.2. The fourth-order valence-corrected chi connectivity index (χ4v) is 2.57. The molecular formula is C15H17BrFN3O. The van der Waals surface area contributed by atoms with E-state index < -0.39 is 11.7 Å². The number of aromatic nitrogens is 2. The summed E-state index contributed by atoms with van der Waals surface area (Å²) < 4.78 is 16.1. The lowest BCUT2D eigenvalue weighted by molar-refractivity contribution is 0.102. The first-order valence-electron chi connectivity index (χ1n) is 6.64. The van der Waals surface area contributed by atoms with Gasteiger partial charge in [-0.1, -0.05) is 6.07 Å². The van der Waals surface area contributed by atoms with Crippen LogP contribution in [-0.4, -0.2) is 15.7 Å². The van der Waals surface area contributed by atoms with Gasteiger partial charge in [-0.05, 0) is 55.8 Å². The zero-order chi connectivity index (χ0) is 15.7. The van der Waals surface area contributed by atoms with Crippen molar-refractivity contribution >= 4 is 27.5 Å². The standard InChI is InChI=1S/C15H17BrFN3O/c1-8(2)20-10(4)14(9(3)19-20)18-15(21)11-6-5-7-12(16)13(11)17/h5-8H,1-4H3,(H,18,21). The number of benzene rings is 1. The normalized spacial score (nSPS) is 11.0. The molecule has 21 heavy (non-hydrogen) atoms. The topological polar surface area (TPSA) is 46.9 Å². The molecule has 0 spiro atoms. The molecule has 0 radical (unpaired) electrons. The quantitative estimate of drug-likeness (QED) is 0.897. The van der Waals surface area contributed by atoms with Crippen LogP contribution in [0.5, 0.6) is 0 Å². The number of nitrogens with zero attached hydrogens (tertiary/aromatic N) is 2. The van der Waals surface area contributed by atoms with Gasteiger partial charge in [-0.25, -0.2) is 4.39 Å². The molecule has 0 saturated heterocycles. The number of rotatable bonds is 3. The molecule has 2 aromatic rings. The van der Waals surface area contributed by atoms with Crippen molar-refractivity contribution < 1.29 is 9.18 Å². The van der Waals surface area contributed by atoms with Crippen molar-refractivity contribution in [3.05, 3.63) is 45.4 Å². The molecule has 0 fully saturated rings. The second kappa shape index (κ2) is 5.97. The van der Waals surface area contributed by atoms with E-state index in [0.29, 0.717) is 11.4 Å². The van der Waals surface area contributed by atoms with Gasteiger partial charge in [0.15, 0.2) is 0 Å². The van der Waals surface area contributed by atoms with Crippen LogP contribution in [-0.2, 0) is 0 Å². The van der Waals surface area contributed by atoms with Crippen molar-refractivity contribution in [1.82, 2.24) is 9.78 Å². The molecule has 4 nitrogen and oxygen atoms in total. The van der Waals surface area contributed by atoms with Crippen LogP contribution < -0.4 is 5.32 Å². The van der Waals surface area contributed by atoms with Gasteiger partial charge in [0, 0.05) is 6.04 Å². The minimum Gasteiger partial charge on any atom is -0.319 e. The van der Waals surface area contributed by atoms with Gasteiger partial charge in [0.05, 0.1) is 27.1 Å². The number of nitrogens with one attached hydrogen (secondary N) is 1. The number of anilines is 1. The average molecular weight is 354 g/mol. The summed E-state index contributed by atoms with van der Waals surface area (Å²) in [4.78, 5) is 12.3. The summed E-state index contributed by atoms with van der Waals surface area (Å²) in [6.07, 6.45) is 0. The van der Waals surface area contributed by atoms with Gasteiger partial charge in [0.1, 0.15) is 5.82 Å². The Bertz CT molecular complexity index is 694. The molecule has 0 unspecified atom stereocenters. The summed E-state index contributed by atoms with van der Waals surface area (Å²) in [5.74, 6) is -1.05. The Morgan fingerprint density at radius 2 is 2.05 bits per heavy atom. The monoisotopic (exact) mass is 353 g/mol. The molecule has 0 atom stereocenters. The second-order valence-corrected chi connectivity index (χ2v) is 5.99. The maximum atomic E-state index is 14.0. The second-order valence-electron chi connectivity index (χ2n) is 5.14. The van der Waals surface area contributed by atoms with Crippen LogP contribution in [0.15, 0.2) is 22.7 Å². The average Bonchev–Trinajstić information content (AvgIpc) is 2.70. The Balaban J connectivity index is 2.34. The molecule has 1 aromatic heterocycles. The van der Waals surface area contributed by atoms with Gasteiger partial charge < -0.3 is 5.32 Å². The van der Waals surface area contributed by atoms with Gasteiger partial charge in [-0.3, -0.25) is 9.48 Å². The molecule has 1 aromatic carbocycles. The molecule has 0 bridgehead atoms. The lowest BCUT2D eigenvalue weighted by Crippen LogP contribution is -2.15. The number of carbonyl (C=O) groups excluding carboxylic acids is 1. The van der Waals surface area contributed by atoms with Crippen LogP contribution in [0.25, 0.3) is 0 Å². The SMILES string of the molecule is Cc1nn(C(C)C)c(C)c1NC(=O)c1cccc(Br)c1F. The summed E-state index contributed by atoms with van der Waals surface area (Å²) in [5, 5.41) is 7.15. The fourth-order valence-electron chi connectivity index (χ4n) is 2.21. The molecule has 0 aliphatic heterocycles. The first-order chi connectivity index (χ1) is 9.82. The minimum absolute atomic E-state index is 0.000437. The van der Waals surface area contributed by atoms with E-state index in [9.17, 15) is 9.18 Å². The highest BCUT2D eigenvalue weighted by molar-refractivity contribution is 9.10. The third-order valence-electron chi connectivity index (χ3n) is 3.25. The lowest BCUT2D eigenvalue weighted by Gasteiger charge is -2.10. The minimum atomic E-state index is -0.568. The van der Waals surface area contributed by atoms with Crippen molar-refractivity contribution in [2.75, 3.05) is 5.32 Å². The Labute approximate surface area is 131 Å².